The predicted molar refractivity (Wildman–Crippen MR) is 187 cm³/mol. The summed E-state index contributed by atoms with van der Waals surface area (Å²) in [6.45, 7) is 15.0. The summed E-state index contributed by atoms with van der Waals surface area (Å²) >= 11 is 0. The van der Waals surface area contributed by atoms with Crippen molar-refractivity contribution in [2.75, 3.05) is 19.0 Å². The summed E-state index contributed by atoms with van der Waals surface area (Å²) < 4.78 is 5.08. The zero-order valence-electron chi connectivity index (χ0n) is 29.6. The van der Waals surface area contributed by atoms with Gasteiger partial charge in [0.05, 0.1) is 7.11 Å². The number of ether oxygens (including phenoxy) is 1. The van der Waals surface area contributed by atoms with Crippen LogP contribution < -0.4 is 16.0 Å². The molecule has 0 fully saturated rings. The van der Waals surface area contributed by atoms with Crippen LogP contribution in [0.15, 0.2) is 66.6 Å². The lowest BCUT2D eigenvalue weighted by molar-refractivity contribution is -0.137. The van der Waals surface area contributed by atoms with Crippen LogP contribution in [0, 0.1) is 5.92 Å². The van der Waals surface area contributed by atoms with Gasteiger partial charge in [-0.3, -0.25) is 33.7 Å². The van der Waals surface area contributed by atoms with E-state index in [-0.39, 0.29) is 36.0 Å². The van der Waals surface area contributed by atoms with E-state index in [9.17, 15) is 28.8 Å². The molecular weight excluding hydrogens is 626 g/mol. The fourth-order valence-electron chi connectivity index (χ4n) is 5.54. The molecule has 2 aliphatic heterocycles. The molecule has 3 rings (SSSR count). The van der Waals surface area contributed by atoms with Crippen molar-refractivity contribution in [1.29, 1.82) is 0 Å². The van der Waals surface area contributed by atoms with Crippen LogP contribution in [0.25, 0.3) is 5.57 Å². The zero-order valence-corrected chi connectivity index (χ0v) is 29.6. The molecule has 1 aromatic carbocycles. The van der Waals surface area contributed by atoms with E-state index < -0.39 is 29.4 Å². The van der Waals surface area contributed by atoms with Gasteiger partial charge in [-0.05, 0) is 82.2 Å². The highest BCUT2D eigenvalue weighted by Gasteiger charge is 2.37. The molecule has 2 aliphatic rings. The third-order valence-corrected chi connectivity index (χ3v) is 8.48. The Hall–Kier alpha value is -5.00. The molecule has 6 amide bonds. The Kier molecular flexibility index (Phi) is 13.3. The highest BCUT2D eigenvalue weighted by Crippen LogP contribution is 2.38. The predicted octanol–water partition coefficient (Wildman–Crippen LogP) is 4.21. The van der Waals surface area contributed by atoms with Gasteiger partial charge in [0.25, 0.3) is 17.7 Å². The Bertz CT molecular complexity index is 1540. The fourth-order valence-corrected chi connectivity index (χ4v) is 5.54. The zero-order chi connectivity index (χ0) is 36.5. The number of allylic oxidation sites excluding steroid dienone is 1. The molecule has 0 spiro atoms. The molecular formula is C37H49N5O7. The second-order valence-electron chi connectivity index (χ2n) is 13.4. The third-order valence-electron chi connectivity index (χ3n) is 8.48. The van der Waals surface area contributed by atoms with E-state index in [1.54, 1.807) is 50.8 Å². The van der Waals surface area contributed by atoms with Crippen LogP contribution in [0.3, 0.4) is 0 Å². The number of benzene rings is 1. The second-order valence-corrected chi connectivity index (χ2v) is 13.4. The van der Waals surface area contributed by atoms with Crippen molar-refractivity contribution in [3.05, 3.63) is 72.2 Å². The maximum Gasteiger partial charge on any atom is 0.254 e. The van der Waals surface area contributed by atoms with Crippen LogP contribution in [0.4, 0.5) is 5.69 Å². The second kappa shape index (κ2) is 16.9. The molecule has 12 heteroatoms. The highest BCUT2D eigenvalue weighted by molar-refractivity contribution is 6.12. The van der Waals surface area contributed by atoms with Gasteiger partial charge in [0, 0.05) is 48.1 Å². The summed E-state index contributed by atoms with van der Waals surface area (Å²) in [5.74, 6) is -1.80. The van der Waals surface area contributed by atoms with Gasteiger partial charge in [0.15, 0.2) is 0 Å². The van der Waals surface area contributed by atoms with E-state index in [0.717, 1.165) is 11.1 Å². The number of hydrogen-bond donors (Lipinski definition) is 3. The fraction of sp³-hybridized carbons (Fsp3) is 0.459. The molecule has 3 N–H and O–H groups in total. The van der Waals surface area contributed by atoms with Crippen LogP contribution in [-0.4, -0.2) is 76.5 Å². The molecule has 12 nitrogen and oxygen atoms in total. The summed E-state index contributed by atoms with van der Waals surface area (Å²) in [6, 6.07) is 5.57. The Morgan fingerprint density at radius 2 is 1.59 bits per heavy atom. The molecule has 0 unspecified atom stereocenters. The summed E-state index contributed by atoms with van der Waals surface area (Å²) in [5.41, 5.74) is 2.50. The SMILES string of the molecule is C=C(/C=C(\C)C(=O)N1C=C(c2ccc(NC(=O)[C@@H](C)NC(=O)[C@H](NC(=O)CCCCCN3C(=O)C=CC3=O)C(C)C)cc2)CC1(C)C)OC. The molecule has 0 saturated heterocycles. The first-order chi connectivity index (χ1) is 23.0. The van der Waals surface area contributed by atoms with Gasteiger partial charge in [-0.2, -0.15) is 0 Å². The third kappa shape index (κ3) is 10.5. The van der Waals surface area contributed by atoms with Crippen LogP contribution >= 0.6 is 0 Å². The quantitative estimate of drug-likeness (QED) is 0.0780. The van der Waals surface area contributed by atoms with Gasteiger partial charge in [-0.25, -0.2) is 0 Å². The smallest absolute Gasteiger partial charge is 0.254 e. The molecule has 0 aliphatic carbocycles. The summed E-state index contributed by atoms with van der Waals surface area (Å²) in [4.78, 5) is 77.9. The van der Waals surface area contributed by atoms with E-state index in [2.05, 4.69) is 22.5 Å². The van der Waals surface area contributed by atoms with Crippen molar-refractivity contribution in [2.24, 2.45) is 5.92 Å². The molecule has 0 saturated carbocycles. The maximum atomic E-state index is 13.2. The number of imide groups is 1. The number of rotatable bonds is 16. The van der Waals surface area contributed by atoms with E-state index >= 15 is 0 Å². The van der Waals surface area contributed by atoms with Crippen molar-refractivity contribution < 1.29 is 33.5 Å². The Morgan fingerprint density at radius 3 is 2.18 bits per heavy atom. The molecule has 264 valence electrons. The first-order valence-electron chi connectivity index (χ1n) is 16.5. The topological polar surface area (TPSA) is 154 Å². The first-order valence-corrected chi connectivity index (χ1v) is 16.5. The lowest BCUT2D eigenvalue weighted by Gasteiger charge is -2.31. The van der Waals surface area contributed by atoms with E-state index in [0.29, 0.717) is 49.2 Å². The minimum atomic E-state index is -0.876. The van der Waals surface area contributed by atoms with Crippen LogP contribution in [0.2, 0.25) is 0 Å². The number of hydrogen-bond acceptors (Lipinski definition) is 7. The number of amides is 6. The van der Waals surface area contributed by atoms with Gasteiger partial charge in [0.2, 0.25) is 17.7 Å². The number of methoxy groups -OCH3 is 1. The lowest BCUT2D eigenvalue weighted by Crippen LogP contribution is -2.53. The highest BCUT2D eigenvalue weighted by atomic mass is 16.5. The lowest BCUT2D eigenvalue weighted by atomic mass is 9.94. The summed E-state index contributed by atoms with van der Waals surface area (Å²) in [6.07, 6.45) is 8.53. The van der Waals surface area contributed by atoms with Gasteiger partial charge < -0.3 is 25.6 Å². The van der Waals surface area contributed by atoms with Gasteiger partial charge in [-0.15, -0.1) is 0 Å². The van der Waals surface area contributed by atoms with Gasteiger partial charge >= 0.3 is 0 Å². The molecule has 0 bridgehead atoms. The summed E-state index contributed by atoms with van der Waals surface area (Å²) in [5, 5.41) is 8.29. The number of unbranched alkanes of at least 4 members (excludes halogenated alkanes) is 2. The summed E-state index contributed by atoms with van der Waals surface area (Å²) in [7, 11) is 1.50. The van der Waals surface area contributed by atoms with Crippen molar-refractivity contribution >= 4 is 46.7 Å². The Labute approximate surface area is 288 Å². The largest absolute Gasteiger partial charge is 0.497 e. The standard InChI is InChI=1S/C37H49N5O7/c1-23(2)33(40-30(43)12-10-9-11-19-41-31(44)17-18-32(41)45)35(47)38-26(5)34(46)39-29-15-13-27(14-16-29)28-21-37(6,7)42(22-28)36(48)24(3)20-25(4)49-8/h13-18,20,22-23,26,33H,4,9-12,19,21H2,1-3,5-8H3,(H,38,47)(H,39,46)(H,40,43)/b24-20+/t26-,33-/m1/s1. The average Bonchev–Trinajstić information content (AvgIpc) is 3.55. The number of carbonyl (C=O) groups is 6. The number of nitrogens with zero attached hydrogens (tertiary/aromatic N) is 2. The van der Waals surface area contributed by atoms with Crippen molar-refractivity contribution in [3.8, 4) is 0 Å². The molecule has 0 radical (unpaired) electrons. The van der Waals surface area contributed by atoms with E-state index in [1.165, 1.54) is 24.2 Å². The number of carbonyl (C=O) groups excluding carboxylic acids is 6. The maximum absolute atomic E-state index is 13.2. The Morgan fingerprint density at radius 1 is 0.959 bits per heavy atom. The van der Waals surface area contributed by atoms with E-state index in [1.807, 2.05) is 32.2 Å². The molecule has 0 aromatic heterocycles. The van der Waals surface area contributed by atoms with Crippen molar-refractivity contribution in [2.45, 2.75) is 91.3 Å². The average molecular weight is 676 g/mol. The minimum absolute atomic E-state index is 0.141. The number of nitrogens with one attached hydrogen (secondary N) is 3. The first kappa shape index (κ1) is 38.4. The van der Waals surface area contributed by atoms with Crippen LogP contribution in [0.1, 0.15) is 79.2 Å². The van der Waals surface area contributed by atoms with Gasteiger partial charge in [0.1, 0.15) is 17.8 Å². The van der Waals surface area contributed by atoms with Crippen LogP contribution in [0.5, 0.6) is 0 Å². The molecule has 49 heavy (non-hydrogen) atoms. The monoisotopic (exact) mass is 675 g/mol. The molecule has 1 aromatic rings. The minimum Gasteiger partial charge on any atom is -0.497 e. The van der Waals surface area contributed by atoms with E-state index in [4.69, 9.17) is 4.74 Å². The molecule has 2 atom stereocenters. The van der Waals surface area contributed by atoms with Crippen molar-refractivity contribution in [3.63, 3.8) is 0 Å². The van der Waals surface area contributed by atoms with Crippen molar-refractivity contribution in [1.82, 2.24) is 20.4 Å². The number of anilines is 1. The Balaban J connectivity index is 1.50. The normalized spacial score (nSPS) is 16.7. The van der Waals surface area contributed by atoms with Crippen LogP contribution in [-0.2, 0) is 33.5 Å². The van der Waals surface area contributed by atoms with Gasteiger partial charge in [-0.1, -0.05) is 39.0 Å². The molecule has 2 heterocycles.